The van der Waals surface area contributed by atoms with E-state index in [2.05, 4.69) is 15.9 Å². The molecule has 0 radical (unpaired) electrons. The van der Waals surface area contributed by atoms with Crippen LogP contribution in [-0.4, -0.2) is 13.0 Å². The second kappa shape index (κ2) is 7.15. The molecule has 3 aromatic carbocycles. The summed E-state index contributed by atoms with van der Waals surface area (Å²) in [5.74, 6) is 0.447. The lowest BCUT2D eigenvalue weighted by Gasteiger charge is -2.25. The zero-order valence-corrected chi connectivity index (χ0v) is 17.5. The first kappa shape index (κ1) is 18.6. The highest BCUT2D eigenvalue weighted by Crippen LogP contribution is 2.41. The smallest absolute Gasteiger partial charge is 0.295 e. The molecule has 0 N–H and O–H groups in total. The lowest BCUT2D eigenvalue weighted by atomic mass is 9.98. The molecule has 1 aromatic heterocycles. The number of hydrogen-bond acceptors (Lipinski definition) is 4. The zero-order chi connectivity index (χ0) is 20.8. The summed E-state index contributed by atoms with van der Waals surface area (Å²) in [6.45, 7) is 0. The zero-order valence-electron chi connectivity index (χ0n) is 16.0. The van der Waals surface area contributed by atoms with Crippen LogP contribution in [0.15, 0.2) is 86.5 Å². The first-order valence-electron chi connectivity index (χ1n) is 9.37. The van der Waals surface area contributed by atoms with E-state index in [0.29, 0.717) is 28.0 Å². The molecule has 1 aliphatic heterocycles. The van der Waals surface area contributed by atoms with Gasteiger partial charge in [-0.05, 0) is 48.0 Å². The summed E-state index contributed by atoms with van der Waals surface area (Å²) < 4.78 is 12.0. The van der Waals surface area contributed by atoms with Crippen LogP contribution in [0.1, 0.15) is 27.7 Å². The van der Waals surface area contributed by atoms with Crippen molar-refractivity contribution in [3.05, 3.63) is 104 Å². The van der Waals surface area contributed by atoms with Crippen molar-refractivity contribution in [2.75, 3.05) is 12.0 Å². The van der Waals surface area contributed by atoms with Crippen molar-refractivity contribution in [2.45, 2.75) is 6.04 Å². The number of fused-ring (bicyclic) bond motifs is 2. The Hall–Kier alpha value is -3.38. The van der Waals surface area contributed by atoms with Crippen LogP contribution >= 0.6 is 15.9 Å². The molecular weight excluding hydrogens is 446 g/mol. The van der Waals surface area contributed by atoms with Crippen LogP contribution in [0.2, 0.25) is 0 Å². The van der Waals surface area contributed by atoms with E-state index >= 15 is 0 Å². The number of carbonyl (C=O) groups excluding carboxylic acids is 1. The predicted octanol–water partition coefficient (Wildman–Crippen LogP) is 5.31. The van der Waals surface area contributed by atoms with Crippen LogP contribution in [0.3, 0.4) is 0 Å². The molecule has 1 amide bonds. The van der Waals surface area contributed by atoms with Gasteiger partial charge in [-0.15, -0.1) is 0 Å². The molecule has 30 heavy (non-hydrogen) atoms. The molecule has 5 nitrogen and oxygen atoms in total. The summed E-state index contributed by atoms with van der Waals surface area (Å²) in [5.41, 5.74) is 2.02. The standard InChI is InChI=1S/C24H16BrNO4/c1-29-17-10-7-14(8-11-17)21-20-22(27)18-13-15(25)9-12-19(18)30-23(20)24(28)26(21)16-5-3-2-4-6-16/h2-13,21H,1H3. The summed E-state index contributed by atoms with van der Waals surface area (Å²) in [4.78, 5) is 28.6. The maximum absolute atomic E-state index is 13.5. The van der Waals surface area contributed by atoms with E-state index in [-0.39, 0.29) is 17.1 Å². The van der Waals surface area contributed by atoms with E-state index in [1.54, 1.807) is 30.2 Å². The molecule has 0 fully saturated rings. The van der Waals surface area contributed by atoms with Gasteiger partial charge in [0, 0.05) is 10.2 Å². The predicted molar refractivity (Wildman–Crippen MR) is 118 cm³/mol. The van der Waals surface area contributed by atoms with Crippen molar-refractivity contribution in [3.63, 3.8) is 0 Å². The molecule has 4 aromatic rings. The number of rotatable bonds is 3. The molecule has 0 spiro atoms. The van der Waals surface area contributed by atoms with Gasteiger partial charge in [-0.3, -0.25) is 14.5 Å². The molecule has 5 rings (SSSR count). The number of anilines is 1. The third-order valence-corrected chi connectivity index (χ3v) is 5.79. The number of halogens is 1. The van der Waals surface area contributed by atoms with Gasteiger partial charge in [-0.2, -0.15) is 0 Å². The summed E-state index contributed by atoms with van der Waals surface area (Å²) >= 11 is 3.41. The van der Waals surface area contributed by atoms with Crippen molar-refractivity contribution in [1.82, 2.24) is 0 Å². The summed E-state index contributed by atoms with van der Waals surface area (Å²) in [6.07, 6.45) is 0. The molecule has 2 heterocycles. The minimum atomic E-state index is -0.597. The fraction of sp³-hybridized carbons (Fsp3) is 0.0833. The van der Waals surface area contributed by atoms with Gasteiger partial charge in [0.15, 0.2) is 5.43 Å². The lowest BCUT2D eigenvalue weighted by Crippen LogP contribution is -2.29. The maximum atomic E-state index is 13.5. The molecule has 1 unspecified atom stereocenters. The van der Waals surface area contributed by atoms with Gasteiger partial charge in [-0.25, -0.2) is 0 Å². The minimum Gasteiger partial charge on any atom is -0.497 e. The highest BCUT2D eigenvalue weighted by atomic mass is 79.9. The van der Waals surface area contributed by atoms with Crippen LogP contribution in [0.25, 0.3) is 11.0 Å². The molecule has 0 bridgehead atoms. The fourth-order valence-electron chi connectivity index (χ4n) is 3.90. The van der Waals surface area contributed by atoms with Gasteiger partial charge < -0.3 is 9.15 Å². The largest absolute Gasteiger partial charge is 0.497 e. The molecule has 1 aliphatic rings. The third kappa shape index (κ3) is 2.83. The summed E-state index contributed by atoms with van der Waals surface area (Å²) in [5, 5.41) is 0.435. The maximum Gasteiger partial charge on any atom is 0.295 e. The number of benzene rings is 3. The summed E-state index contributed by atoms with van der Waals surface area (Å²) in [7, 11) is 1.60. The first-order chi connectivity index (χ1) is 14.6. The molecule has 0 saturated heterocycles. The van der Waals surface area contributed by atoms with Gasteiger partial charge in [0.05, 0.1) is 24.1 Å². The molecule has 148 valence electrons. The average Bonchev–Trinajstić information content (AvgIpc) is 3.07. The molecule has 1 atom stereocenters. The Bertz CT molecular complexity index is 1330. The van der Waals surface area contributed by atoms with Crippen LogP contribution in [-0.2, 0) is 0 Å². The SMILES string of the molecule is COc1ccc(C2c3c(oc4ccc(Br)cc4c3=O)C(=O)N2c2ccccc2)cc1. The topological polar surface area (TPSA) is 59.8 Å². The number of carbonyl (C=O) groups is 1. The minimum absolute atomic E-state index is 0.0829. The van der Waals surface area contributed by atoms with Gasteiger partial charge in [0.25, 0.3) is 5.91 Å². The Morgan fingerprint density at radius 1 is 0.967 bits per heavy atom. The second-order valence-electron chi connectivity index (χ2n) is 7.00. The number of hydrogen-bond donors (Lipinski definition) is 0. The molecule has 0 aliphatic carbocycles. The Balaban J connectivity index is 1.80. The Morgan fingerprint density at radius 2 is 1.70 bits per heavy atom. The van der Waals surface area contributed by atoms with E-state index in [0.717, 1.165) is 10.0 Å². The Morgan fingerprint density at radius 3 is 2.40 bits per heavy atom. The number of nitrogens with zero attached hydrogens (tertiary/aromatic N) is 1. The van der Waals surface area contributed by atoms with Crippen LogP contribution < -0.4 is 15.1 Å². The number of para-hydroxylation sites is 1. The van der Waals surface area contributed by atoms with E-state index < -0.39 is 6.04 Å². The van der Waals surface area contributed by atoms with Crippen molar-refractivity contribution in [3.8, 4) is 5.75 Å². The van der Waals surface area contributed by atoms with E-state index in [4.69, 9.17) is 9.15 Å². The number of amides is 1. The summed E-state index contributed by atoms with van der Waals surface area (Å²) in [6, 6.07) is 21.3. The fourth-order valence-corrected chi connectivity index (χ4v) is 4.26. The Labute approximate surface area is 180 Å². The monoisotopic (exact) mass is 461 g/mol. The normalized spacial score (nSPS) is 15.5. The Kier molecular flexibility index (Phi) is 4.44. The third-order valence-electron chi connectivity index (χ3n) is 5.30. The second-order valence-corrected chi connectivity index (χ2v) is 7.92. The van der Waals surface area contributed by atoms with Crippen LogP contribution in [0.5, 0.6) is 5.75 Å². The highest BCUT2D eigenvalue weighted by molar-refractivity contribution is 9.10. The van der Waals surface area contributed by atoms with E-state index in [1.165, 1.54) is 0 Å². The number of methoxy groups -OCH3 is 1. The van der Waals surface area contributed by atoms with Crippen molar-refractivity contribution >= 4 is 38.5 Å². The van der Waals surface area contributed by atoms with Gasteiger partial charge in [-0.1, -0.05) is 46.3 Å². The highest BCUT2D eigenvalue weighted by Gasteiger charge is 2.43. The van der Waals surface area contributed by atoms with Gasteiger partial charge in [0.1, 0.15) is 11.3 Å². The van der Waals surface area contributed by atoms with Crippen molar-refractivity contribution < 1.29 is 13.9 Å². The average molecular weight is 462 g/mol. The van der Waals surface area contributed by atoms with Gasteiger partial charge >= 0.3 is 0 Å². The van der Waals surface area contributed by atoms with Crippen molar-refractivity contribution in [2.24, 2.45) is 0 Å². The molecular formula is C24H16BrNO4. The lowest BCUT2D eigenvalue weighted by molar-refractivity contribution is 0.0971. The molecule has 0 saturated carbocycles. The van der Waals surface area contributed by atoms with Crippen LogP contribution in [0, 0.1) is 0 Å². The van der Waals surface area contributed by atoms with E-state index in [1.807, 2.05) is 54.6 Å². The molecule has 6 heteroatoms. The first-order valence-corrected chi connectivity index (χ1v) is 10.2. The van der Waals surface area contributed by atoms with E-state index in [9.17, 15) is 9.59 Å². The van der Waals surface area contributed by atoms with Crippen molar-refractivity contribution in [1.29, 1.82) is 0 Å². The van der Waals surface area contributed by atoms with Gasteiger partial charge in [0.2, 0.25) is 5.76 Å². The van der Waals surface area contributed by atoms with Crippen LogP contribution in [0.4, 0.5) is 5.69 Å². The number of ether oxygens (including phenoxy) is 1. The quantitative estimate of drug-likeness (QED) is 0.414.